The minimum atomic E-state index is -4.15. The molecule has 2 aliphatic heterocycles. The number of carbonyl (C=O) groups is 1. The first-order valence-corrected chi connectivity index (χ1v) is 13.8. The normalized spacial score (nSPS) is 42.1. The maximum atomic E-state index is 15.5. The molecule has 2 heterocycles. The van der Waals surface area contributed by atoms with Crippen LogP contribution in [0.25, 0.3) is 0 Å². The van der Waals surface area contributed by atoms with Gasteiger partial charge in [-0.15, -0.1) is 0 Å². The number of nitrogens with one attached hydrogen (secondary N) is 1. The number of halogens is 1. The second-order valence-electron chi connectivity index (χ2n) is 9.49. The Morgan fingerprint density at radius 1 is 1.10 bits per heavy atom. The Kier molecular flexibility index (Phi) is 5.38. The Morgan fingerprint density at radius 2 is 1.81 bits per heavy atom. The lowest BCUT2D eigenvalue weighted by Crippen LogP contribution is -2.60. The highest BCUT2D eigenvalue weighted by Gasteiger charge is 2.54. The molecule has 5 fully saturated rings. The maximum absolute atomic E-state index is 15.5. The Morgan fingerprint density at radius 3 is 2.42 bits per heavy atom. The number of sulfonamides is 1. The number of aliphatic hydroxyl groups is 1. The summed E-state index contributed by atoms with van der Waals surface area (Å²) >= 11 is 0. The molecular weight excluding hydrogens is 453 g/mol. The Bertz CT molecular complexity index is 951. The van der Waals surface area contributed by atoms with Gasteiger partial charge < -0.3 is 9.84 Å². The fourth-order valence-electron chi connectivity index (χ4n) is 5.57. The first kappa shape index (κ1) is 22.0. The fourth-order valence-corrected chi connectivity index (χ4v) is 8.81. The van der Waals surface area contributed by atoms with E-state index >= 15 is 4.39 Å². The highest BCUT2D eigenvalue weighted by Crippen LogP contribution is 2.45. The van der Waals surface area contributed by atoms with Gasteiger partial charge in [-0.2, -0.15) is 17.0 Å². The third-order valence-electron chi connectivity index (χ3n) is 7.36. The third-order valence-corrected chi connectivity index (χ3v) is 11.2. The van der Waals surface area contributed by atoms with Crippen molar-refractivity contribution in [1.82, 2.24) is 13.3 Å². The van der Waals surface area contributed by atoms with E-state index in [9.17, 15) is 26.7 Å². The number of nitrogens with zero attached hydrogens (tertiary/aromatic N) is 2. The van der Waals surface area contributed by atoms with E-state index in [0.717, 1.165) is 17.1 Å². The highest BCUT2D eigenvalue weighted by molar-refractivity contribution is 7.90. The number of fused-ring (bicyclic) bond motifs is 1. The first-order valence-electron chi connectivity index (χ1n) is 10.8. The Labute approximate surface area is 181 Å². The van der Waals surface area contributed by atoms with Crippen LogP contribution < -0.4 is 4.72 Å². The summed E-state index contributed by atoms with van der Waals surface area (Å²) in [6.45, 7) is 0.155. The summed E-state index contributed by atoms with van der Waals surface area (Å²) in [5, 5.41) is 10.2. The smallest absolute Gasteiger partial charge is 0.304 e. The van der Waals surface area contributed by atoms with Crippen LogP contribution in [-0.4, -0.2) is 91.9 Å². The predicted molar refractivity (Wildman–Crippen MR) is 106 cm³/mol. The molecule has 0 radical (unpaired) electrons. The molecule has 6 atom stereocenters. The molecule has 0 aromatic heterocycles. The predicted octanol–water partition coefficient (Wildman–Crippen LogP) is -0.888. The minimum absolute atomic E-state index is 0.0804. The molecule has 0 aromatic rings. The van der Waals surface area contributed by atoms with Crippen molar-refractivity contribution in [2.45, 2.75) is 74.3 Å². The maximum Gasteiger partial charge on any atom is 0.304 e. The number of hydrogen-bond acceptors (Lipinski definition) is 7. The van der Waals surface area contributed by atoms with E-state index in [2.05, 4.69) is 0 Å². The lowest BCUT2D eigenvalue weighted by Gasteiger charge is -2.49. The van der Waals surface area contributed by atoms with Gasteiger partial charge in [-0.1, -0.05) is 0 Å². The van der Waals surface area contributed by atoms with E-state index in [4.69, 9.17) is 4.74 Å². The molecular formula is C18H28FN3O7S2. The van der Waals surface area contributed by atoms with Gasteiger partial charge in [0.15, 0.2) is 0 Å². The van der Waals surface area contributed by atoms with Crippen LogP contribution in [0.1, 0.15) is 38.5 Å². The number of aliphatic hydroxyl groups excluding tert-OH is 1. The zero-order valence-electron chi connectivity index (χ0n) is 17.0. The molecule has 31 heavy (non-hydrogen) atoms. The molecule has 5 aliphatic rings. The van der Waals surface area contributed by atoms with E-state index in [0.29, 0.717) is 32.4 Å². The van der Waals surface area contributed by atoms with Crippen molar-refractivity contribution in [1.29, 1.82) is 0 Å². The van der Waals surface area contributed by atoms with Crippen LogP contribution in [0.5, 0.6) is 0 Å². The molecule has 10 nitrogen and oxygen atoms in total. The van der Waals surface area contributed by atoms with Crippen LogP contribution in [-0.2, 0) is 29.8 Å². The molecule has 6 unspecified atom stereocenters. The zero-order valence-corrected chi connectivity index (χ0v) is 18.6. The molecule has 13 heteroatoms. The van der Waals surface area contributed by atoms with Crippen LogP contribution in [0.15, 0.2) is 0 Å². The van der Waals surface area contributed by atoms with E-state index in [1.807, 2.05) is 4.72 Å². The SMILES string of the molecule is O=C1CN(C2C(O)CC3CCC(OC4CN(S(=O)(=O)C5CC5)C4)CC3C2F)S(=O)(=O)N1. The van der Waals surface area contributed by atoms with Crippen LogP contribution >= 0.6 is 0 Å². The van der Waals surface area contributed by atoms with Gasteiger partial charge in [-0.25, -0.2) is 17.5 Å². The van der Waals surface area contributed by atoms with Crippen molar-refractivity contribution >= 4 is 26.1 Å². The zero-order chi connectivity index (χ0) is 22.1. The number of carbonyl (C=O) groups excluding carboxylic acids is 1. The quantitative estimate of drug-likeness (QED) is 0.521. The topological polar surface area (TPSA) is 133 Å². The summed E-state index contributed by atoms with van der Waals surface area (Å²) in [5.74, 6) is -1.30. The van der Waals surface area contributed by atoms with Crippen molar-refractivity contribution in [2.75, 3.05) is 19.6 Å². The summed E-state index contributed by atoms with van der Waals surface area (Å²) in [7, 11) is -7.35. The minimum Gasteiger partial charge on any atom is -0.391 e. The number of hydrogen-bond donors (Lipinski definition) is 2. The molecule has 0 bridgehead atoms. The second-order valence-corrected chi connectivity index (χ2v) is 13.3. The van der Waals surface area contributed by atoms with Gasteiger partial charge in [0.1, 0.15) is 6.17 Å². The highest BCUT2D eigenvalue weighted by atomic mass is 32.2. The van der Waals surface area contributed by atoms with Gasteiger partial charge in [-0.3, -0.25) is 4.79 Å². The van der Waals surface area contributed by atoms with Crippen molar-refractivity contribution in [2.24, 2.45) is 11.8 Å². The van der Waals surface area contributed by atoms with Gasteiger partial charge in [0.05, 0.1) is 36.1 Å². The molecule has 1 amide bonds. The molecule has 3 aliphatic carbocycles. The van der Waals surface area contributed by atoms with E-state index in [1.54, 1.807) is 0 Å². The van der Waals surface area contributed by atoms with Crippen molar-refractivity contribution in [3.8, 4) is 0 Å². The summed E-state index contributed by atoms with van der Waals surface area (Å²) in [6, 6.07) is -1.30. The third kappa shape index (κ3) is 3.90. The van der Waals surface area contributed by atoms with E-state index < -0.39 is 56.9 Å². The van der Waals surface area contributed by atoms with Crippen molar-refractivity contribution in [3.05, 3.63) is 0 Å². The monoisotopic (exact) mass is 481 g/mol. The number of amides is 1. The average Bonchev–Trinajstić information content (AvgIpc) is 3.45. The molecule has 176 valence electrons. The Balaban J connectivity index is 1.21. The van der Waals surface area contributed by atoms with Crippen LogP contribution in [0.3, 0.4) is 0 Å². The summed E-state index contributed by atoms with van der Waals surface area (Å²) < 4.78 is 74.4. The molecule has 3 saturated carbocycles. The Hall–Kier alpha value is -0.860. The average molecular weight is 482 g/mol. The van der Waals surface area contributed by atoms with Gasteiger partial charge in [0.25, 0.3) is 0 Å². The molecule has 5 rings (SSSR count). The van der Waals surface area contributed by atoms with E-state index in [-0.39, 0.29) is 29.8 Å². The van der Waals surface area contributed by atoms with Gasteiger partial charge >= 0.3 is 10.2 Å². The first-order chi connectivity index (χ1) is 14.6. The van der Waals surface area contributed by atoms with Crippen molar-refractivity contribution < 1.29 is 35.9 Å². The largest absolute Gasteiger partial charge is 0.391 e. The molecule has 2 saturated heterocycles. The second kappa shape index (κ2) is 7.59. The summed E-state index contributed by atoms with van der Waals surface area (Å²) in [6.07, 6.45) is 0.207. The molecule has 0 spiro atoms. The van der Waals surface area contributed by atoms with Crippen molar-refractivity contribution in [3.63, 3.8) is 0 Å². The number of ether oxygens (including phenoxy) is 1. The lowest BCUT2D eigenvalue weighted by molar-refractivity contribution is -0.127. The van der Waals surface area contributed by atoms with Gasteiger partial charge in [0.2, 0.25) is 15.9 Å². The fraction of sp³-hybridized carbons (Fsp3) is 0.944. The van der Waals surface area contributed by atoms with E-state index in [1.165, 1.54) is 4.31 Å². The molecule has 2 N–H and O–H groups in total. The lowest BCUT2D eigenvalue weighted by atomic mass is 9.66. The van der Waals surface area contributed by atoms with Gasteiger partial charge in [0, 0.05) is 13.1 Å². The van der Waals surface area contributed by atoms with Gasteiger partial charge in [-0.05, 0) is 50.4 Å². The van der Waals surface area contributed by atoms with Crippen LogP contribution in [0, 0.1) is 11.8 Å². The summed E-state index contributed by atoms with van der Waals surface area (Å²) in [4.78, 5) is 11.6. The summed E-state index contributed by atoms with van der Waals surface area (Å²) in [5.41, 5.74) is 0. The van der Waals surface area contributed by atoms with Crippen LogP contribution in [0.4, 0.5) is 4.39 Å². The number of alkyl halides is 1. The van der Waals surface area contributed by atoms with Crippen LogP contribution in [0.2, 0.25) is 0 Å². The molecule has 0 aromatic carbocycles. The standard InChI is InChI=1S/C18H28FN3O7S2/c19-17-14-6-11(29-12-7-21(8-12)30(25,26)13-3-4-13)2-1-10(14)5-15(23)18(17)22-9-16(24)20-31(22,27)28/h10-15,17-18,23H,1-9H2,(H,20,24). The number of rotatable bonds is 5.